The molecule has 15 heteroatoms. The zero-order chi connectivity index (χ0) is 32.8. The van der Waals surface area contributed by atoms with Gasteiger partial charge in [-0.2, -0.15) is 18.3 Å². The lowest BCUT2D eigenvalue weighted by Crippen LogP contribution is -2.32. The Labute approximate surface area is 259 Å². The van der Waals surface area contributed by atoms with Crippen LogP contribution in [0.1, 0.15) is 28.7 Å². The summed E-state index contributed by atoms with van der Waals surface area (Å²) in [6.07, 6.45) is 1.50. The topological polar surface area (TPSA) is 162 Å². The first-order valence-electron chi connectivity index (χ1n) is 13.5. The molecule has 4 rings (SSSR count). The average Bonchev–Trinajstić information content (AvgIpc) is 3.02. The van der Waals surface area contributed by atoms with Gasteiger partial charge in [0, 0.05) is 31.2 Å². The Kier molecular flexibility index (Phi) is 10.4. The highest BCUT2D eigenvalue weighted by Gasteiger charge is 2.51. The number of nitrogens with zero attached hydrogens (tertiary/aromatic N) is 3. The van der Waals surface area contributed by atoms with Gasteiger partial charge in [0.25, 0.3) is 0 Å². The van der Waals surface area contributed by atoms with E-state index in [4.69, 9.17) is 19.3 Å². The fraction of sp³-hybridized carbons (Fsp3) is 0.267. The van der Waals surface area contributed by atoms with Crippen molar-refractivity contribution in [3.8, 4) is 17.6 Å². The maximum Gasteiger partial charge on any atom is 0.399 e. The van der Waals surface area contributed by atoms with E-state index in [9.17, 15) is 27.0 Å². The van der Waals surface area contributed by atoms with Crippen LogP contribution in [0.5, 0.6) is 11.5 Å². The number of anilines is 1. The second-order valence-corrected chi connectivity index (χ2v) is 13.8. The van der Waals surface area contributed by atoms with Crippen LogP contribution in [-0.2, 0) is 33.3 Å². The lowest BCUT2D eigenvalue weighted by molar-refractivity contribution is 0.0563. The number of nitrogens with one attached hydrogen (secondary N) is 1. The molecule has 4 aromatic rings. The lowest BCUT2D eigenvalue weighted by Gasteiger charge is -2.23. The molecule has 0 aliphatic carbocycles. The van der Waals surface area contributed by atoms with Crippen LogP contribution in [-0.4, -0.2) is 54.0 Å². The van der Waals surface area contributed by atoms with Crippen molar-refractivity contribution in [1.29, 1.82) is 5.26 Å². The van der Waals surface area contributed by atoms with Gasteiger partial charge < -0.3 is 24.6 Å². The van der Waals surface area contributed by atoms with E-state index in [0.29, 0.717) is 16.9 Å². The monoisotopic (exact) mass is 660 g/mol. The summed E-state index contributed by atoms with van der Waals surface area (Å²) in [4.78, 5) is 22.5. The zero-order valence-corrected chi connectivity index (χ0v) is 26.1. The van der Waals surface area contributed by atoms with Crippen molar-refractivity contribution in [1.82, 2.24) is 9.29 Å². The van der Waals surface area contributed by atoms with Gasteiger partial charge in [-0.3, -0.25) is 4.57 Å². The fourth-order valence-corrected chi connectivity index (χ4v) is 6.47. The minimum atomic E-state index is -5.91. The van der Waals surface area contributed by atoms with Gasteiger partial charge in [0.05, 0.1) is 37.2 Å². The van der Waals surface area contributed by atoms with E-state index in [0.717, 1.165) is 23.3 Å². The molecule has 45 heavy (non-hydrogen) atoms. The first-order chi connectivity index (χ1) is 21.3. The van der Waals surface area contributed by atoms with Crippen LogP contribution in [0.15, 0.2) is 72.9 Å². The number of nitriles is 1. The van der Waals surface area contributed by atoms with Crippen molar-refractivity contribution in [3.63, 3.8) is 0 Å². The Balaban J connectivity index is 1.48. The second kappa shape index (κ2) is 13.9. The van der Waals surface area contributed by atoms with Crippen molar-refractivity contribution in [2.75, 3.05) is 31.8 Å². The van der Waals surface area contributed by atoms with Gasteiger partial charge in [0.2, 0.25) is 10.0 Å². The second-order valence-electron chi connectivity index (χ2n) is 10.1. The minimum Gasteiger partial charge on any atom is -0.497 e. The van der Waals surface area contributed by atoms with Crippen molar-refractivity contribution in [3.05, 3.63) is 95.2 Å². The van der Waals surface area contributed by atoms with Gasteiger partial charge >= 0.3 is 13.3 Å². The van der Waals surface area contributed by atoms with E-state index in [1.807, 2.05) is 0 Å². The Morgan fingerprint density at radius 2 is 1.51 bits per heavy atom. The summed E-state index contributed by atoms with van der Waals surface area (Å²) in [6.45, 7) is 0.424. The fourth-order valence-electron chi connectivity index (χ4n) is 4.51. The summed E-state index contributed by atoms with van der Waals surface area (Å²) in [5.41, 5.74) is -4.70. The van der Waals surface area contributed by atoms with Crippen LogP contribution >= 0.6 is 7.60 Å². The highest BCUT2D eigenvalue weighted by Crippen LogP contribution is 2.60. The number of ether oxygens (including phenoxy) is 2. The summed E-state index contributed by atoms with van der Waals surface area (Å²) < 4.78 is 79.2. The first kappa shape index (κ1) is 33.8. The molecule has 0 saturated heterocycles. The number of alkyl halides is 2. The predicted molar refractivity (Wildman–Crippen MR) is 165 cm³/mol. The molecular weight excluding hydrogens is 629 g/mol. The van der Waals surface area contributed by atoms with Crippen molar-refractivity contribution < 1.29 is 41.0 Å². The molecule has 0 atom stereocenters. The van der Waals surface area contributed by atoms with E-state index in [1.54, 1.807) is 68.8 Å². The molecule has 11 nitrogen and oxygen atoms in total. The lowest BCUT2D eigenvalue weighted by atomic mass is 10.0. The number of rotatable bonds is 14. The van der Waals surface area contributed by atoms with Crippen LogP contribution in [0.4, 0.5) is 14.6 Å². The van der Waals surface area contributed by atoms with Crippen molar-refractivity contribution >= 4 is 34.2 Å². The predicted octanol–water partition coefficient (Wildman–Crippen LogP) is 5.18. The summed E-state index contributed by atoms with van der Waals surface area (Å²) in [5, 5.41) is 12.7. The van der Waals surface area contributed by atoms with Gasteiger partial charge in [0.15, 0.2) is 0 Å². The summed E-state index contributed by atoms with van der Waals surface area (Å²) in [7, 11) is -6.58. The summed E-state index contributed by atoms with van der Waals surface area (Å²) in [5.74, 6) is 1.32. The maximum atomic E-state index is 14.5. The van der Waals surface area contributed by atoms with Crippen molar-refractivity contribution in [2.45, 2.75) is 25.2 Å². The van der Waals surface area contributed by atoms with Crippen LogP contribution in [0.25, 0.3) is 10.8 Å². The van der Waals surface area contributed by atoms with E-state index < -0.39 is 34.4 Å². The number of aromatic nitrogens is 1. The molecule has 0 fully saturated rings. The Morgan fingerprint density at radius 1 is 0.956 bits per heavy atom. The van der Waals surface area contributed by atoms with Gasteiger partial charge in [-0.1, -0.05) is 24.3 Å². The van der Waals surface area contributed by atoms with E-state index in [1.165, 1.54) is 16.6 Å². The highest BCUT2D eigenvalue weighted by atomic mass is 32.2. The number of methoxy groups -OCH3 is 2. The highest BCUT2D eigenvalue weighted by molar-refractivity contribution is 7.89. The average molecular weight is 661 g/mol. The quantitative estimate of drug-likeness (QED) is 0.121. The molecule has 1 heterocycles. The third kappa shape index (κ3) is 8.13. The molecule has 0 saturated carbocycles. The van der Waals surface area contributed by atoms with Gasteiger partial charge in [-0.25, -0.2) is 13.4 Å². The van der Waals surface area contributed by atoms with Crippen LogP contribution in [0.3, 0.4) is 0 Å². The molecule has 3 aromatic carbocycles. The van der Waals surface area contributed by atoms with E-state index >= 15 is 0 Å². The maximum absolute atomic E-state index is 14.5. The zero-order valence-electron chi connectivity index (χ0n) is 24.4. The molecule has 0 aliphatic heterocycles. The summed E-state index contributed by atoms with van der Waals surface area (Å²) in [6, 6.07) is 19.1. The van der Waals surface area contributed by atoms with Crippen LogP contribution in [0.2, 0.25) is 0 Å². The van der Waals surface area contributed by atoms with Crippen molar-refractivity contribution in [2.24, 2.45) is 0 Å². The number of sulfonamides is 1. The van der Waals surface area contributed by atoms with E-state index in [2.05, 4.69) is 10.3 Å². The van der Waals surface area contributed by atoms with Crippen LogP contribution < -0.4 is 14.8 Å². The molecule has 0 aliphatic rings. The molecule has 1 aromatic heterocycles. The third-order valence-electron chi connectivity index (χ3n) is 6.98. The number of hydrogen-bond donors (Lipinski definition) is 3. The molecule has 0 amide bonds. The largest absolute Gasteiger partial charge is 0.497 e. The molecule has 0 radical (unpaired) electrons. The molecular formula is C30H31F2N4O7PS. The van der Waals surface area contributed by atoms with Gasteiger partial charge in [-0.05, 0) is 65.4 Å². The first-order valence-corrected chi connectivity index (χ1v) is 16.7. The van der Waals surface area contributed by atoms with E-state index in [-0.39, 0.29) is 43.0 Å². The standard InChI is InChI=1S/C30H31F2N4O7PS/c1-42-26-8-4-21(5-9-26)19-36(20-22-6-10-27(43-2)11-7-22)45(40,41)13-3-12-34-29-16-23-15-28(30(31,32)44(37,38)39)24(17-33)14-25(23)18-35-29/h4-11,14-16,18H,3,12-13,19-20H2,1-2H3,(H,34,35)(H2,37,38,39). The Morgan fingerprint density at radius 3 is 2.00 bits per heavy atom. The Hall–Kier alpha value is -4.12. The Bertz CT molecular complexity index is 1800. The van der Waals surface area contributed by atoms with Gasteiger partial charge in [0.1, 0.15) is 17.3 Å². The number of benzene rings is 3. The number of fused-ring (bicyclic) bond motifs is 1. The molecule has 0 bridgehead atoms. The SMILES string of the molecule is COc1ccc(CN(Cc2ccc(OC)cc2)S(=O)(=O)CCCNc2cc3cc(C(F)(F)P(=O)(O)O)c(C#N)cc3cn2)cc1. The molecule has 0 spiro atoms. The summed E-state index contributed by atoms with van der Waals surface area (Å²) >= 11 is 0. The smallest absolute Gasteiger partial charge is 0.399 e. The number of pyridine rings is 1. The normalized spacial score (nSPS) is 12.2. The molecule has 0 unspecified atom stereocenters. The van der Waals surface area contributed by atoms with Gasteiger partial charge in [-0.15, -0.1) is 0 Å². The molecule has 3 N–H and O–H groups in total. The third-order valence-corrected chi connectivity index (χ3v) is 9.81. The number of halogens is 2. The van der Waals surface area contributed by atoms with Crippen LogP contribution in [0, 0.1) is 11.3 Å². The molecule has 238 valence electrons. The number of hydrogen-bond acceptors (Lipinski definition) is 8. The minimum absolute atomic E-state index is 0.129.